The quantitative estimate of drug-likeness (QED) is 0.862. The number of carbonyl (C=O) groups excluding carboxylic acids is 1. The predicted molar refractivity (Wildman–Crippen MR) is 82.2 cm³/mol. The van der Waals surface area contributed by atoms with E-state index in [-0.39, 0.29) is 5.97 Å². The Bertz CT molecular complexity index is 503. The molecule has 2 unspecified atom stereocenters. The molecule has 114 valence electrons. The average molecular weight is 288 g/mol. The summed E-state index contributed by atoms with van der Waals surface area (Å²) in [5.41, 5.74) is 1.70. The average Bonchev–Trinajstić information content (AvgIpc) is 3.00. The maximum absolute atomic E-state index is 11.8. The van der Waals surface area contributed by atoms with Gasteiger partial charge in [0.25, 0.3) is 0 Å². The molecule has 4 heteroatoms. The fourth-order valence-corrected chi connectivity index (χ4v) is 3.65. The minimum Gasteiger partial charge on any atom is -0.465 e. The number of hydrogen-bond donors (Lipinski definition) is 1. The summed E-state index contributed by atoms with van der Waals surface area (Å²) < 4.78 is 4.85. The molecule has 0 aromatic heterocycles. The number of ether oxygens (including phenoxy) is 1. The standard InChI is InChI=1S/C17H24N2O2/c1-21-17(20)16-7-3-2-5-13(16)12-18-14-8-10-19-9-4-6-15(19)11-14/h2-3,5,7,14-15,18H,4,6,8-12H2,1H3. The Morgan fingerprint density at radius 1 is 1.33 bits per heavy atom. The monoisotopic (exact) mass is 288 g/mol. The summed E-state index contributed by atoms with van der Waals surface area (Å²) in [7, 11) is 1.43. The van der Waals surface area contributed by atoms with E-state index in [9.17, 15) is 4.79 Å². The van der Waals surface area contributed by atoms with Crippen molar-refractivity contribution < 1.29 is 9.53 Å². The minimum atomic E-state index is -0.252. The Kier molecular flexibility index (Phi) is 4.56. The zero-order chi connectivity index (χ0) is 14.7. The van der Waals surface area contributed by atoms with Gasteiger partial charge in [-0.1, -0.05) is 18.2 Å². The zero-order valence-corrected chi connectivity index (χ0v) is 12.7. The maximum atomic E-state index is 11.8. The van der Waals surface area contributed by atoms with Crippen LogP contribution in [-0.4, -0.2) is 43.2 Å². The van der Waals surface area contributed by atoms with Gasteiger partial charge in [-0.2, -0.15) is 0 Å². The number of nitrogens with one attached hydrogen (secondary N) is 1. The highest BCUT2D eigenvalue weighted by molar-refractivity contribution is 5.90. The van der Waals surface area contributed by atoms with E-state index in [1.165, 1.54) is 45.9 Å². The number of benzene rings is 1. The number of nitrogens with zero attached hydrogens (tertiary/aromatic N) is 1. The van der Waals surface area contributed by atoms with Crippen LogP contribution in [0.3, 0.4) is 0 Å². The molecule has 0 bridgehead atoms. The van der Waals surface area contributed by atoms with E-state index in [4.69, 9.17) is 4.74 Å². The summed E-state index contributed by atoms with van der Waals surface area (Å²) in [6.07, 6.45) is 5.14. The SMILES string of the molecule is COC(=O)c1ccccc1CNC1CCN2CCCC2C1. The number of methoxy groups -OCH3 is 1. The van der Waals surface area contributed by atoms with Gasteiger partial charge < -0.3 is 15.0 Å². The highest BCUT2D eigenvalue weighted by atomic mass is 16.5. The van der Waals surface area contributed by atoms with Crippen molar-refractivity contribution >= 4 is 5.97 Å². The fourth-order valence-electron chi connectivity index (χ4n) is 3.65. The van der Waals surface area contributed by atoms with Gasteiger partial charge in [0.2, 0.25) is 0 Å². The first-order chi connectivity index (χ1) is 10.3. The molecule has 2 aliphatic heterocycles. The molecule has 0 amide bonds. The van der Waals surface area contributed by atoms with Crippen molar-refractivity contribution in [1.29, 1.82) is 0 Å². The van der Waals surface area contributed by atoms with Crippen molar-refractivity contribution in [1.82, 2.24) is 10.2 Å². The predicted octanol–water partition coefficient (Wildman–Crippen LogP) is 2.19. The van der Waals surface area contributed by atoms with Crippen LogP contribution in [0.25, 0.3) is 0 Å². The van der Waals surface area contributed by atoms with Crippen molar-refractivity contribution in [3.05, 3.63) is 35.4 Å². The number of hydrogen-bond acceptors (Lipinski definition) is 4. The van der Waals surface area contributed by atoms with Crippen LogP contribution in [0.2, 0.25) is 0 Å². The highest BCUT2D eigenvalue weighted by Crippen LogP contribution is 2.27. The lowest BCUT2D eigenvalue weighted by Gasteiger charge is -2.35. The third kappa shape index (κ3) is 3.27. The van der Waals surface area contributed by atoms with Crippen LogP contribution < -0.4 is 5.32 Å². The van der Waals surface area contributed by atoms with E-state index >= 15 is 0 Å². The Morgan fingerprint density at radius 3 is 3.05 bits per heavy atom. The molecular weight excluding hydrogens is 264 g/mol. The molecule has 0 aliphatic carbocycles. The number of rotatable bonds is 4. The fraction of sp³-hybridized carbons (Fsp3) is 0.588. The molecule has 0 spiro atoms. The van der Waals surface area contributed by atoms with Gasteiger partial charge >= 0.3 is 5.97 Å². The largest absolute Gasteiger partial charge is 0.465 e. The van der Waals surface area contributed by atoms with Gasteiger partial charge in [-0.05, 0) is 50.4 Å². The van der Waals surface area contributed by atoms with Crippen molar-refractivity contribution in [2.24, 2.45) is 0 Å². The Morgan fingerprint density at radius 2 is 2.19 bits per heavy atom. The lowest BCUT2D eigenvalue weighted by Crippen LogP contribution is -2.45. The van der Waals surface area contributed by atoms with Crippen LogP contribution in [0.5, 0.6) is 0 Å². The van der Waals surface area contributed by atoms with Crippen molar-refractivity contribution in [2.45, 2.75) is 44.3 Å². The molecule has 0 radical (unpaired) electrons. The van der Waals surface area contributed by atoms with Crippen LogP contribution >= 0.6 is 0 Å². The van der Waals surface area contributed by atoms with Crippen LogP contribution in [0.4, 0.5) is 0 Å². The molecule has 2 aliphatic rings. The smallest absolute Gasteiger partial charge is 0.338 e. The number of esters is 1. The molecule has 21 heavy (non-hydrogen) atoms. The molecule has 2 heterocycles. The first-order valence-corrected chi connectivity index (χ1v) is 7.91. The van der Waals surface area contributed by atoms with Gasteiger partial charge in [0.15, 0.2) is 0 Å². The summed E-state index contributed by atoms with van der Waals surface area (Å²) in [5.74, 6) is -0.252. The first-order valence-electron chi connectivity index (χ1n) is 7.91. The van der Waals surface area contributed by atoms with Crippen LogP contribution in [0.1, 0.15) is 41.6 Å². The summed E-state index contributed by atoms with van der Waals surface area (Å²) in [5, 5.41) is 3.64. The molecule has 3 rings (SSSR count). The molecule has 0 saturated carbocycles. The maximum Gasteiger partial charge on any atom is 0.338 e. The third-order valence-corrected chi connectivity index (χ3v) is 4.82. The molecular formula is C17H24N2O2. The van der Waals surface area contributed by atoms with E-state index in [1.54, 1.807) is 0 Å². The van der Waals surface area contributed by atoms with E-state index in [1.807, 2.05) is 24.3 Å². The minimum absolute atomic E-state index is 0.252. The van der Waals surface area contributed by atoms with Crippen LogP contribution in [-0.2, 0) is 11.3 Å². The normalized spacial score (nSPS) is 25.6. The molecule has 2 saturated heterocycles. The lowest BCUT2D eigenvalue weighted by molar-refractivity contribution is 0.0599. The summed E-state index contributed by atoms with van der Waals surface area (Å²) in [6.45, 7) is 3.23. The van der Waals surface area contributed by atoms with Crippen LogP contribution in [0, 0.1) is 0 Å². The van der Waals surface area contributed by atoms with E-state index in [0.717, 1.165) is 18.2 Å². The second kappa shape index (κ2) is 6.58. The molecule has 1 N–H and O–H groups in total. The van der Waals surface area contributed by atoms with Gasteiger partial charge in [-0.15, -0.1) is 0 Å². The van der Waals surface area contributed by atoms with Gasteiger partial charge in [0.05, 0.1) is 12.7 Å². The third-order valence-electron chi connectivity index (χ3n) is 4.82. The van der Waals surface area contributed by atoms with Crippen molar-refractivity contribution in [2.75, 3.05) is 20.2 Å². The number of piperidine rings is 1. The summed E-state index contributed by atoms with van der Waals surface area (Å²) >= 11 is 0. The van der Waals surface area contributed by atoms with E-state index in [2.05, 4.69) is 10.2 Å². The van der Waals surface area contributed by atoms with Crippen LogP contribution in [0.15, 0.2) is 24.3 Å². The van der Waals surface area contributed by atoms with E-state index < -0.39 is 0 Å². The van der Waals surface area contributed by atoms with Gasteiger partial charge in [0.1, 0.15) is 0 Å². The summed E-state index contributed by atoms with van der Waals surface area (Å²) in [4.78, 5) is 14.4. The summed E-state index contributed by atoms with van der Waals surface area (Å²) in [6, 6.07) is 9.03. The van der Waals surface area contributed by atoms with Crippen molar-refractivity contribution in [3.63, 3.8) is 0 Å². The first kappa shape index (κ1) is 14.5. The van der Waals surface area contributed by atoms with Gasteiger partial charge in [-0.3, -0.25) is 0 Å². The Balaban J connectivity index is 1.59. The molecule has 2 fully saturated rings. The zero-order valence-electron chi connectivity index (χ0n) is 12.7. The second-order valence-corrected chi connectivity index (χ2v) is 6.08. The Hall–Kier alpha value is -1.39. The second-order valence-electron chi connectivity index (χ2n) is 6.08. The topological polar surface area (TPSA) is 41.6 Å². The molecule has 2 atom stereocenters. The molecule has 4 nitrogen and oxygen atoms in total. The highest BCUT2D eigenvalue weighted by Gasteiger charge is 2.31. The van der Waals surface area contributed by atoms with Gasteiger partial charge in [-0.25, -0.2) is 4.79 Å². The molecule has 1 aromatic carbocycles. The van der Waals surface area contributed by atoms with Gasteiger partial charge in [0, 0.05) is 18.6 Å². The number of carbonyl (C=O) groups is 1. The lowest BCUT2D eigenvalue weighted by atomic mass is 9.97. The van der Waals surface area contributed by atoms with Crippen molar-refractivity contribution in [3.8, 4) is 0 Å². The van der Waals surface area contributed by atoms with E-state index in [0.29, 0.717) is 11.6 Å². The molecule has 1 aromatic rings. The Labute approximate surface area is 126 Å². The number of fused-ring (bicyclic) bond motifs is 1.